The lowest BCUT2D eigenvalue weighted by molar-refractivity contribution is 0.0729. The maximum Gasteiger partial charge on any atom is 0.346 e. The van der Waals surface area contributed by atoms with Gasteiger partial charge in [-0.25, -0.2) is 13.6 Å². The van der Waals surface area contributed by atoms with Crippen molar-refractivity contribution in [3.8, 4) is 5.75 Å². The van der Waals surface area contributed by atoms with Crippen LogP contribution < -0.4 is 10.2 Å². The molecule has 0 radical (unpaired) electrons. The van der Waals surface area contributed by atoms with Crippen LogP contribution in [0.5, 0.6) is 5.75 Å². The predicted molar refractivity (Wildman–Crippen MR) is 115 cm³/mol. The molecule has 4 nitrogen and oxygen atoms in total. The summed E-state index contributed by atoms with van der Waals surface area (Å²) in [4.78, 5) is 12.3. The van der Waals surface area contributed by atoms with E-state index in [2.05, 4.69) is 10.5 Å². The molecule has 0 heterocycles. The number of hydrogen-bond donors (Lipinski definition) is 1. The first-order valence-corrected chi connectivity index (χ1v) is 9.61. The van der Waals surface area contributed by atoms with Crippen LogP contribution in [0.4, 0.5) is 14.5 Å². The number of nitrogens with one attached hydrogen (secondary N) is 1. The van der Waals surface area contributed by atoms with Crippen LogP contribution in [0.25, 0.3) is 0 Å². The molecule has 0 saturated carbocycles. The zero-order valence-corrected chi connectivity index (χ0v) is 17.6. The number of esters is 1. The first-order valence-electron chi connectivity index (χ1n) is 8.47. The monoisotopic (exact) mass is 468 g/mol. The van der Waals surface area contributed by atoms with Crippen molar-refractivity contribution >= 4 is 52.2 Å². The van der Waals surface area contributed by atoms with Crippen LogP contribution in [0.15, 0.2) is 59.7 Å². The van der Waals surface area contributed by atoms with E-state index in [1.807, 2.05) is 0 Å². The van der Waals surface area contributed by atoms with E-state index >= 15 is 0 Å². The second-order valence-electron chi connectivity index (χ2n) is 6.06. The zero-order valence-electron chi connectivity index (χ0n) is 15.3. The van der Waals surface area contributed by atoms with Crippen molar-refractivity contribution in [2.45, 2.75) is 6.92 Å². The molecular weight excluding hydrogens is 457 g/mol. The molecular formula is C21H13Cl3F2N2O2. The second kappa shape index (κ2) is 9.43. The van der Waals surface area contributed by atoms with Crippen molar-refractivity contribution in [3.63, 3.8) is 0 Å². The highest BCUT2D eigenvalue weighted by atomic mass is 35.5. The van der Waals surface area contributed by atoms with Crippen molar-refractivity contribution in [2.75, 3.05) is 5.43 Å². The smallest absolute Gasteiger partial charge is 0.346 e. The van der Waals surface area contributed by atoms with Crippen molar-refractivity contribution in [1.29, 1.82) is 0 Å². The van der Waals surface area contributed by atoms with Crippen LogP contribution in [-0.4, -0.2) is 11.7 Å². The summed E-state index contributed by atoms with van der Waals surface area (Å²) in [5, 5.41) is 4.95. The molecule has 0 amide bonds. The van der Waals surface area contributed by atoms with Gasteiger partial charge in [-0.2, -0.15) is 5.10 Å². The molecule has 9 heteroatoms. The molecule has 0 fully saturated rings. The zero-order chi connectivity index (χ0) is 21.8. The number of hydrogen-bond acceptors (Lipinski definition) is 4. The van der Waals surface area contributed by atoms with E-state index in [0.717, 1.165) is 18.2 Å². The lowest BCUT2D eigenvalue weighted by Crippen LogP contribution is -2.13. The summed E-state index contributed by atoms with van der Waals surface area (Å²) >= 11 is 18.1. The number of nitrogens with zero attached hydrogens (tertiary/aromatic N) is 1. The Morgan fingerprint density at radius 2 is 1.63 bits per heavy atom. The topological polar surface area (TPSA) is 50.7 Å². The van der Waals surface area contributed by atoms with Crippen molar-refractivity contribution in [3.05, 3.63) is 92.4 Å². The molecule has 0 aliphatic heterocycles. The van der Waals surface area contributed by atoms with Gasteiger partial charge in [0, 0.05) is 10.6 Å². The van der Waals surface area contributed by atoms with Gasteiger partial charge in [0.15, 0.2) is 0 Å². The summed E-state index contributed by atoms with van der Waals surface area (Å²) in [5.41, 5.74) is 3.17. The number of carbonyl (C=O) groups excluding carboxylic acids is 1. The van der Waals surface area contributed by atoms with Gasteiger partial charge in [0.05, 0.1) is 27.0 Å². The number of carbonyl (C=O) groups is 1. The molecule has 30 heavy (non-hydrogen) atoms. The van der Waals surface area contributed by atoms with E-state index in [9.17, 15) is 13.6 Å². The lowest BCUT2D eigenvalue weighted by Gasteiger charge is -2.12. The van der Waals surface area contributed by atoms with Crippen LogP contribution in [0.1, 0.15) is 22.8 Å². The largest absolute Gasteiger partial charge is 0.422 e. The molecule has 0 spiro atoms. The Kier molecular flexibility index (Phi) is 6.92. The molecule has 0 bridgehead atoms. The fraction of sp³-hybridized carbons (Fsp3) is 0.0476. The van der Waals surface area contributed by atoms with Crippen LogP contribution in [0, 0.1) is 11.6 Å². The molecule has 1 N–H and O–H groups in total. The first kappa shape index (κ1) is 22.0. The minimum absolute atomic E-state index is 0.000929. The van der Waals surface area contributed by atoms with Gasteiger partial charge in [-0.05, 0) is 49.4 Å². The lowest BCUT2D eigenvalue weighted by atomic mass is 10.1. The van der Waals surface area contributed by atoms with E-state index in [1.54, 1.807) is 6.92 Å². The van der Waals surface area contributed by atoms with Gasteiger partial charge >= 0.3 is 5.97 Å². The molecule has 0 saturated heterocycles. The van der Waals surface area contributed by atoms with Gasteiger partial charge in [-0.1, -0.05) is 46.9 Å². The molecule has 0 aliphatic carbocycles. The van der Waals surface area contributed by atoms with Crippen LogP contribution >= 0.6 is 34.8 Å². The Morgan fingerprint density at radius 3 is 2.30 bits per heavy atom. The third-order valence-corrected chi connectivity index (χ3v) is 4.78. The molecule has 0 atom stereocenters. The van der Waals surface area contributed by atoms with Crippen molar-refractivity contribution in [1.82, 2.24) is 0 Å². The Balaban J connectivity index is 1.90. The van der Waals surface area contributed by atoms with Gasteiger partial charge in [-0.15, -0.1) is 0 Å². The third-order valence-electron chi connectivity index (χ3n) is 3.97. The summed E-state index contributed by atoms with van der Waals surface area (Å²) in [6, 6.07) is 11.8. The summed E-state index contributed by atoms with van der Waals surface area (Å²) in [6.07, 6.45) is 0. The molecule has 3 rings (SSSR count). The van der Waals surface area contributed by atoms with Gasteiger partial charge < -0.3 is 4.74 Å². The average Bonchev–Trinajstić information content (AvgIpc) is 2.68. The molecule has 154 valence electrons. The van der Waals surface area contributed by atoms with E-state index < -0.39 is 17.6 Å². The Bertz CT molecular complexity index is 1130. The van der Waals surface area contributed by atoms with Crippen LogP contribution in [0.2, 0.25) is 15.1 Å². The molecule has 0 aromatic heterocycles. The SMILES string of the molecule is CC(=NNc1c(Cl)cc(Cl)cc1Cl)c1cc(F)ccc1OC(=O)c1ccccc1F. The fourth-order valence-electron chi connectivity index (χ4n) is 2.50. The molecule has 0 aliphatic rings. The van der Waals surface area contributed by atoms with Crippen LogP contribution in [0.3, 0.4) is 0 Å². The first-order chi connectivity index (χ1) is 14.3. The molecule has 3 aromatic carbocycles. The van der Waals surface area contributed by atoms with E-state index in [-0.39, 0.29) is 32.6 Å². The standard InChI is InChI=1S/C21H13Cl3F2N2O2/c1-11(27-28-20-16(23)8-12(22)9-17(20)24)15-10-13(25)6-7-19(15)30-21(29)14-4-2-3-5-18(14)26/h2-10,28H,1H3. The van der Waals surface area contributed by atoms with Gasteiger partial charge in [-0.3, -0.25) is 5.43 Å². The fourth-order valence-corrected chi connectivity index (χ4v) is 3.41. The maximum atomic E-state index is 13.8. The number of rotatable bonds is 5. The summed E-state index contributed by atoms with van der Waals surface area (Å²) in [6.45, 7) is 1.56. The number of benzene rings is 3. The number of halogens is 5. The predicted octanol–water partition coefficient (Wildman–Crippen LogP) is 6.98. The highest BCUT2D eigenvalue weighted by Gasteiger charge is 2.17. The Labute approximate surface area is 186 Å². The highest BCUT2D eigenvalue weighted by Crippen LogP contribution is 2.34. The second-order valence-corrected chi connectivity index (χ2v) is 7.31. The summed E-state index contributed by atoms with van der Waals surface area (Å²) in [5.74, 6) is -2.23. The number of ether oxygens (including phenoxy) is 1. The molecule has 3 aromatic rings. The van der Waals surface area contributed by atoms with Gasteiger partial charge in [0.2, 0.25) is 0 Å². The Hall–Kier alpha value is -2.67. The summed E-state index contributed by atoms with van der Waals surface area (Å²) in [7, 11) is 0. The number of anilines is 1. The van der Waals surface area contributed by atoms with E-state index in [4.69, 9.17) is 39.5 Å². The van der Waals surface area contributed by atoms with Crippen molar-refractivity contribution in [2.24, 2.45) is 5.10 Å². The quantitative estimate of drug-likeness (QED) is 0.190. The number of hydrazone groups is 1. The normalized spacial score (nSPS) is 11.3. The van der Waals surface area contributed by atoms with Gasteiger partial charge in [0.25, 0.3) is 0 Å². The third kappa shape index (κ3) is 5.08. The Morgan fingerprint density at radius 1 is 0.967 bits per heavy atom. The van der Waals surface area contributed by atoms with Crippen molar-refractivity contribution < 1.29 is 18.3 Å². The highest BCUT2D eigenvalue weighted by molar-refractivity contribution is 6.41. The molecule has 0 unspecified atom stereocenters. The summed E-state index contributed by atoms with van der Waals surface area (Å²) < 4.78 is 33.0. The minimum atomic E-state index is -0.925. The van der Waals surface area contributed by atoms with E-state index in [1.165, 1.54) is 36.4 Å². The maximum absolute atomic E-state index is 13.8. The van der Waals surface area contributed by atoms with Crippen LogP contribution in [-0.2, 0) is 0 Å². The van der Waals surface area contributed by atoms with Gasteiger partial charge in [0.1, 0.15) is 17.4 Å². The average molecular weight is 470 g/mol. The minimum Gasteiger partial charge on any atom is -0.422 e. The van der Waals surface area contributed by atoms with E-state index in [0.29, 0.717) is 10.7 Å².